The second-order valence-corrected chi connectivity index (χ2v) is 22.5. The standard InChI is InChI=1S/C52H40O4P2S/c53-51(39-57(43-19-7-1-8-20-43,44-21-9-2-10-22-44)45-23-11-3-12-24-45)41-31-35-49(36-32-41)59(55,56)50-37-33-42(34-38-50)52(54)40-58(46-25-13-4-14-26-46,47-27-15-5-16-28-47)48-29-17-6-18-30-48/h1-40H. The molecule has 0 aliphatic carbocycles. The zero-order chi connectivity index (χ0) is 40.7. The topological polar surface area (TPSA) is 68.3 Å². The SMILES string of the molecule is O=C(C=P(c1ccccc1)(c1ccccc1)c1ccccc1)c1ccc(S(=O)(=O)c2ccc(C(=O)C=P(c3ccccc3)(c3ccccc3)c3ccccc3)cc2)cc1. The molecule has 0 aromatic heterocycles. The molecule has 0 fully saturated rings. The minimum Gasteiger partial charge on any atom is -0.289 e. The number of hydrogen-bond acceptors (Lipinski definition) is 4. The van der Waals surface area contributed by atoms with Crippen LogP contribution in [0.4, 0.5) is 0 Å². The van der Waals surface area contributed by atoms with Gasteiger partial charge in [0, 0.05) is 11.1 Å². The number of Topliss-reactive ketones (excluding diaryl/α,β-unsaturated/α-hetero) is 2. The van der Waals surface area contributed by atoms with E-state index in [0.29, 0.717) is 11.1 Å². The van der Waals surface area contributed by atoms with Gasteiger partial charge in [-0.15, -0.1) is 0 Å². The molecule has 0 spiro atoms. The minimum absolute atomic E-state index is 0.0529. The van der Waals surface area contributed by atoms with E-state index in [4.69, 9.17) is 0 Å². The summed E-state index contributed by atoms with van der Waals surface area (Å²) in [5, 5.41) is 6.23. The van der Waals surface area contributed by atoms with Gasteiger partial charge in [-0.3, -0.25) is 9.59 Å². The third kappa shape index (κ3) is 7.81. The highest BCUT2D eigenvalue weighted by molar-refractivity contribution is 7.96. The lowest BCUT2D eigenvalue weighted by atomic mass is 10.1. The Kier molecular flexibility index (Phi) is 11.5. The van der Waals surface area contributed by atoms with Gasteiger partial charge in [0.25, 0.3) is 0 Å². The average Bonchev–Trinajstić information content (AvgIpc) is 3.31. The summed E-state index contributed by atoms with van der Waals surface area (Å²) in [7, 11) is -3.98. The summed E-state index contributed by atoms with van der Waals surface area (Å²) in [6.07, 6.45) is 0. The summed E-state index contributed by atoms with van der Waals surface area (Å²) in [4.78, 5) is 28.7. The number of sulfone groups is 1. The van der Waals surface area contributed by atoms with Gasteiger partial charge >= 0.3 is 0 Å². The van der Waals surface area contributed by atoms with Gasteiger partial charge in [0.1, 0.15) is 0 Å². The number of carbonyl (C=O) groups is 2. The van der Waals surface area contributed by atoms with E-state index in [1.807, 2.05) is 121 Å². The summed E-state index contributed by atoms with van der Waals surface area (Å²) >= 11 is 0. The first-order valence-corrected chi connectivity index (χ1v) is 24.4. The third-order valence-electron chi connectivity index (χ3n) is 10.5. The van der Waals surface area contributed by atoms with Crippen molar-refractivity contribution in [2.75, 3.05) is 0 Å². The van der Waals surface area contributed by atoms with Crippen LogP contribution < -0.4 is 31.8 Å². The van der Waals surface area contributed by atoms with Crippen LogP contribution in [0.5, 0.6) is 0 Å². The molecule has 0 saturated heterocycles. The van der Waals surface area contributed by atoms with Crippen LogP contribution in [0.1, 0.15) is 20.7 Å². The van der Waals surface area contributed by atoms with Crippen LogP contribution in [-0.4, -0.2) is 31.6 Å². The third-order valence-corrected chi connectivity index (χ3v) is 20.2. The summed E-state index contributed by atoms with van der Waals surface area (Å²) in [6.45, 7) is -5.13. The Balaban J connectivity index is 1.13. The van der Waals surface area contributed by atoms with Crippen LogP contribution in [0.2, 0.25) is 0 Å². The van der Waals surface area contributed by atoms with Gasteiger partial charge in [0.05, 0.1) is 9.79 Å². The Bertz CT molecular complexity index is 2530. The molecule has 0 bridgehead atoms. The zero-order valence-corrected chi connectivity index (χ0v) is 34.6. The fraction of sp³-hybridized carbons (Fsp3) is 0. The predicted molar refractivity (Wildman–Crippen MR) is 249 cm³/mol. The molecule has 4 nitrogen and oxygen atoms in total. The minimum atomic E-state index is -3.98. The van der Waals surface area contributed by atoms with Gasteiger partial charge in [-0.1, -0.05) is 182 Å². The first kappa shape index (κ1) is 39.5. The van der Waals surface area contributed by atoms with Crippen molar-refractivity contribution in [3.05, 3.63) is 242 Å². The number of rotatable bonds is 12. The van der Waals surface area contributed by atoms with Gasteiger partial charge in [0.15, 0.2) is 11.6 Å². The summed E-state index contributed by atoms with van der Waals surface area (Å²) in [5.74, 6) is 3.29. The van der Waals surface area contributed by atoms with Crippen molar-refractivity contribution >= 4 is 78.6 Å². The van der Waals surface area contributed by atoms with Gasteiger partial charge in [-0.2, -0.15) is 0 Å². The maximum atomic E-state index is 14.3. The van der Waals surface area contributed by atoms with E-state index in [2.05, 4.69) is 72.8 Å². The molecule has 0 radical (unpaired) electrons. The lowest BCUT2D eigenvalue weighted by Crippen LogP contribution is -2.28. The van der Waals surface area contributed by atoms with Crippen LogP contribution in [0.25, 0.3) is 0 Å². The molecule has 0 heterocycles. The van der Waals surface area contributed by atoms with Crippen molar-refractivity contribution in [2.45, 2.75) is 9.79 Å². The highest BCUT2D eigenvalue weighted by Gasteiger charge is 2.29. The number of benzene rings is 8. The second-order valence-electron chi connectivity index (χ2n) is 14.0. The van der Waals surface area contributed by atoms with Gasteiger partial charge in [-0.25, -0.2) is 8.42 Å². The highest BCUT2D eigenvalue weighted by Crippen LogP contribution is 2.45. The average molecular weight is 823 g/mol. The molecule has 8 rings (SSSR count). The lowest BCUT2D eigenvalue weighted by molar-refractivity contribution is 0.106. The molecule has 59 heavy (non-hydrogen) atoms. The molecule has 0 amide bonds. The molecular formula is C52H40O4P2S. The predicted octanol–water partition coefficient (Wildman–Crippen LogP) is 8.48. The Labute approximate surface area is 346 Å². The second kappa shape index (κ2) is 17.2. The maximum absolute atomic E-state index is 14.3. The number of ketones is 2. The molecule has 7 heteroatoms. The normalized spacial score (nSPS) is 11.7. The molecule has 288 valence electrons. The fourth-order valence-electron chi connectivity index (χ4n) is 7.55. The van der Waals surface area contributed by atoms with Crippen molar-refractivity contribution in [2.24, 2.45) is 0 Å². The molecule has 0 atom stereocenters. The molecule has 8 aromatic rings. The van der Waals surface area contributed by atoms with Crippen molar-refractivity contribution < 1.29 is 18.0 Å². The van der Waals surface area contributed by atoms with E-state index < -0.39 is 23.6 Å². The fourth-order valence-corrected chi connectivity index (χ4v) is 16.4. The van der Waals surface area contributed by atoms with Gasteiger partial charge in [0.2, 0.25) is 9.84 Å². The Morgan fingerprint density at radius 3 is 0.712 bits per heavy atom. The summed E-state index contributed by atoms with van der Waals surface area (Å²) in [6, 6.07) is 72.7. The van der Waals surface area contributed by atoms with E-state index in [1.165, 1.54) is 24.3 Å². The Morgan fingerprint density at radius 1 is 0.305 bits per heavy atom. The molecule has 0 saturated carbocycles. The maximum Gasteiger partial charge on any atom is 0.206 e. The van der Waals surface area contributed by atoms with Crippen molar-refractivity contribution in [3.63, 3.8) is 0 Å². The summed E-state index contributed by atoms with van der Waals surface area (Å²) < 4.78 is 28.0. The smallest absolute Gasteiger partial charge is 0.206 e. The molecule has 8 aromatic carbocycles. The largest absolute Gasteiger partial charge is 0.289 e. The zero-order valence-electron chi connectivity index (χ0n) is 32.0. The van der Waals surface area contributed by atoms with Crippen LogP contribution in [-0.2, 0) is 9.84 Å². The van der Waals surface area contributed by atoms with Crippen LogP contribution in [0.15, 0.2) is 240 Å². The van der Waals surface area contributed by atoms with Crippen molar-refractivity contribution in [3.8, 4) is 0 Å². The molecular weight excluding hydrogens is 783 g/mol. The van der Waals surface area contributed by atoms with Crippen LogP contribution in [0, 0.1) is 0 Å². The first-order chi connectivity index (χ1) is 28.8. The van der Waals surface area contributed by atoms with Crippen LogP contribution in [0.3, 0.4) is 0 Å². The quantitative estimate of drug-likeness (QED) is 0.0917. The number of carbonyl (C=O) groups excluding carboxylic acids is 2. The van der Waals surface area contributed by atoms with E-state index in [0.717, 1.165) is 31.8 Å². The van der Waals surface area contributed by atoms with E-state index in [9.17, 15) is 18.0 Å². The molecule has 0 aliphatic heterocycles. The first-order valence-electron chi connectivity index (χ1n) is 19.2. The monoisotopic (exact) mass is 822 g/mol. The molecule has 0 aliphatic rings. The number of hydrogen-bond donors (Lipinski definition) is 0. The van der Waals surface area contributed by atoms with Crippen LogP contribution >= 0.6 is 13.8 Å². The van der Waals surface area contributed by atoms with Gasteiger partial charge in [-0.05, 0) is 106 Å². The molecule has 0 unspecified atom stereocenters. The van der Waals surface area contributed by atoms with Gasteiger partial charge < -0.3 is 0 Å². The van der Waals surface area contributed by atoms with Crippen molar-refractivity contribution in [1.29, 1.82) is 0 Å². The van der Waals surface area contributed by atoms with Crippen molar-refractivity contribution in [1.82, 2.24) is 0 Å². The Morgan fingerprint density at radius 2 is 0.508 bits per heavy atom. The van der Waals surface area contributed by atoms with E-state index in [1.54, 1.807) is 24.3 Å². The Hall–Kier alpha value is -6.35. The molecule has 0 N–H and O–H groups in total. The highest BCUT2D eigenvalue weighted by atomic mass is 32.2. The lowest BCUT2D eigenvalue weighted by Gasteiger charge is -2.28. The van der Waals surface area contributed by atoms with E-state index in [-0.39, 0.29) is 21.4 Å². The summed E-state index contributed by atoms with van der Waals surface area (Å²) in [5.41, 5.74) is 0.768. The van der Waals surface area contributed by atoms with E-state index >= 15 is 0 Å².